The van der Waals surface area contributed by atoms with Gasteiger partial charge in [-0.2, -0.15) is 0 Å². The van der Waals surface area contributed by atoms with Crippen LogP contribution < -0.4 is 11.1 Å². The van der Waals surface area contributed by atoms with Gasteiger partial charge in [-0.25, -0.2) is 0 Å². The van der Waals surface area contributed by atoms with Crippen molar-refractivity contribution >= 4 is 5.91 Å². The lowest BCUT2D eigenvalue weighted by molar-refractivity contribution is -0.127. The van der Waals surface area contributed by atoms with E-state index in [1.54, 1.807) is 0 Å². The van der Waals surface area contributed by atoms with Gasteiger partial charge in [-0.05, 0) is 44.2 Å². The van der Waals surface area contributed by atoms with Crippen LogP contribution in [0.5, 0.6) is 0 Å². The van der Waals surface area contributed by atoms with E-state index in [9.17, 15) is 4.79 Å². The van der Waals surface area contributed by atoms with E-state index >= 15 is 0 Å². The maximum atomic E-state index is 12.5. The minimum absolute atomic E-state index is 0.128. The van der Waals surface area contributed by atoms with Crippen molar-refractivity contribution in [2.24, 2.45) is 11.7 Å². The predicted octanol–water partition coefficient (Wildman–Crippen LogP) is 2.28. The van der Waals surface area contributed by atoms with Gasteiger partial charge in [0.25, 0.3) is 0 Å². The smallest absolute Gasteiger partial charge is 0.223 e. The highest BCUT2D eigenvalue weighted by atomic mass is 16.1. The van der Waals surface area contributed by atoms with E-state index < -0.39 is 0 Å². The third kappa shape index (κ3) is 4.79. The second kappa shape index (κ2) is 7.93. The van der Waals surface area contributed by atoms with Gasteiger partial charge < -0.3 is 11.1 Å². The van der Waals surface area contributed by atoms with Gasteiger partial charge in [-0.3, -0.25) is 9.69 Å². The topological polar surface area (TPSA) is 58.4 Å². The van der Waals surface area contributed by atoms with Gasteiger partial charge in [0.15, 0.2) is 0 Å². The number of piperidine rings is 1. The monoisotopic (exact) mass is 315 g/mol. The summed E-state index contributed by atoms with van der Waals surface area (Å²) >= 11 is 0. The zero-order valence-electron chi connectivity index (χ0n) is 13.9. The molecular weight excluding hydrogens is 286 g/mol. The molecule has 1 aliphatic carbocycles. The molecule has 1 saturated carbocycles. The molecule has 0 spiro atoms. The third-order valence-corrected chi connectivity index (χ3v) is 5.19. The van der Waals surface area contributed by atoms with Crippen LogP contribution in [0.3, 0.4) is 0 Å². The molecule has 1 aliphatic heterocycles. The van der Waals surface area contributed by atoms with Gasteiger partial charge in [-0.1, -0.05) is 36.8 Å². The van der Waals surface area contributed by atoms with E-state index in [0.29, 0.717) is 0 Å². The maximum absolute atomic E-state index is 12.5. The summed E-state index contributed by atoms with van der Waals surface area (Å²) in [6.45, 7) is 3.05. The summed E-state index contributed by atoms with van der Waals surface area (Å²) < 4.78 is 0. The first-order chi connectivity index (χ1) is 11.2. The number of carbonyl (C=O) groups excluding carboxylic acids is 1. The quantitative estimate of drug-likeness (QED) is 0.896. The van der Waals surface area contributed by atoms with Gasteiger partial charge in [0, 0.05) is 31.1 Å². The lowest BCUT2D eigenvalue weighted by Crippen LogP contribution is -2.49. The van der Waals surface area contributed by atoms with Crippen LogP contribution in [0.1, 0.15) is 44.1 Å². The molecule has 1 saturated heterocycles. The summed E-state index contributed by atoms with van der Waals surface area (Å²) in [5.41, 5.74) is 7.36. The van der Waals surface area contributed by atoms with Crippen LogP contribution in [-0.4, -0.2) is 36.0 Å². The van der Waals surface area contributed by atoms with Gasteiger partial charge >= 0.3 is 0 Å². The number of hydrogen-bond acceptors (Lipinski definition) is 3. The molecule has 126 valence electrons. The van der Waals surface area contributed by atoms with Crippen molar-refractivity contribution < 1.29 is 4.79 Å². The van der Waals surface area contributed by atoms with Gasteiger partial charge in [0.05, 0.1) is 0 Å². The first-order valence-electron chi connectivity index (χ1n) is 9.03. The Kier molecular flexibility index (Phi) is 5.68. The Morgan fingerprint density at radius 2 is 2.00 bits per heavy atom. The van der Waals surface area contributed by atoms with Crippen LogP contribution in [-0.2, 0) is 11.3 Å². The molecule has 4 nitrogen and oxygen atoms in total. The van der Waals surface area contributed by atoms with E-state index in [1.165, 1.54) is 5.56 Å². The maximum Gasteiger partial charge on any atom is 0.223 e. The number of nitrogens with zero attached hydrogens (tertiary/aromatic N) is 1. The molecule has 1 aromatic carbocycles. The van der Waals surface area contributed by atoms with Crippen molar-refractivity contribution in [2.75, 3.05) is 13.1 Å². The van der Waals surface area contributed by atoms with E-state index in [0.717, 1.165) is 58.2 Å². The standard InChI is InChI=1S/C19H29N3O/c20-17-9-4-8-16(12-17)19(23)21-18-10-5-11-22(14-18)13-15-6-2-1-3-7-15/h1-3,6-7,16-18H,4-5,8-14,20H2,(H,21,23). The van der Waals surface area contributed by atoms with Gasteiger partial charge in [0.2, 0.25) is 5.91 Å². The number of carbonyl (C=O) groups is 1. The Morgan fingerprint density at radius 1 is 1.17 bits per heavy atom. The largest absolute Gasteiger partial charge is 0.352 e. The van der Waals surface area contributed by atoms with Crippen LogP contribution in [0.4, 0.5) is 0 Å². The molecule has 2 fully saturated rings. The van der Waals surface area contributed by atoms with Gasteiger partial charge in [-0.15, -0.1) is 0 Å². The highest BCUT2D eigenvalue weighted by molar-refractivity contribution is 5.79. The van der Waals surface area contributed by atoms with Crippen LogP contribution in [0.15, 0.2) is 30.3 Å². The second-order valence-corrected chi connectivity index (χ2v) is 7.19. The second-order valence-electron chi connectivity index (χ2n) is 7.19. The number of likely N-dealkylation sites (tertiary alicyclic amines) is 1. The Bertz CT molecular complexity index is 505. The Labute approximate surface area is 139 Å². The summed E-state index contributed by atoms with van der Waals surface area (Å²) in [5.74, 6) is 0.356. The third-order valence-electron chi connectivity index (χ3n) is 5.19. The van der Waals surface area contributed by atoms with E-state index in [2.05, 4.69) is 40.5 Å². The molecule has 2 aliphatic rings. The molecule has 23 heavy (non-hydrogen) atoms. The zero-order valence-corrected chi connectivity index (χ0v) is 13.9. The Morgan fingerprint density at radius 3 is 2.78 bits per heavy atom. The fourth-order valence-electron chi connectivity index (χ4n) is 3.94. The molecule has 3 atom stereocenters. The van der Waals surface area contributed by atoms with Gasteiger partial charge in [0.1, 0.15) is 0 Å². The summed E-state index contributed by atoms with van der Waals surface area (Å²) in [5, 5.41) is 3.29. The fraction of sp³-hybridized carbons (Fsp3) is 0.632. The average molecular weight is 315 g/mol. The number of nitrogens with two attached hydrogens (primary N) is 1. The molecule has 1 aromatic rings. The first kappa shape index (κ1) is 16.5. The molecule has 1 heterocycles. The summed E-state index contributed by atoms with van der Waals surface area (Å²) in [4.78, 5) is 14.9. The molecule has 4 heteroatoms. The lowest BCUT2D eigenvalue weighted by atomic mass is 9.85. The Balaban J connectivity index is 1.49. The van der Waals surface area contributed by atoms with Crippen LogP contribution >= 0.6 is 0 Å². The van der Waals surface area contributed by atoms with E-state index in [4.69, 9.17) is 5.73 Å². The van der Waals surface area contributed by atoms with Crippen molar-refractivity contribution in [2.45, 2.75) is 57.2 Å². The zero-order chi connectivity index (χ0) is 16.1. The summed E-state index contributed by atoms with van der Waals surface area (Å²) in [7, 11) is 0. The average Bonchev–Trinajstić information content (AvgIpc) is 2.56. The number of benzene rings is 1. The fourth-order valence-corrected chi connectivity index (χ4v) is 3.94. The molecule has 0 radical (unpaired) electrons. The minimum atomic E-state index is 0.128. The van der Waals surface area contributed by atoms with Crippen LogP contribution in [0, 0.1) is 5.92 Å². The molecule has 3 rings (SSSR count). The summed E-state index contributed by atoms with van der Waals surface area (Å²) in [6.07, 6.45) is 6.26. The van der Waals surface area contributed by atoms with Crippen LogP contribution in [0.25, 0.3) is 0 Å². The minimum Gasteiger partial charge on any atom is -0.352 e. The molecule has 3 N–H and O–H groups in total. The number of amides is 1. The Hall–Kier alpha value is -1.39. The molecular formula is C19H29N3O. The molecule has 0 bridgehead atoms. The lowest BCUT2D eigenvalue weighted by Gasteiger charge is -2.34. The van der Waals surface area contributed by atoms with E-state index in [1.807, 2.05) is 0 Å². The number of rotatable bonds is 4. The highest BCUT2D eigenvalue weighted by Crippen LogP contribution is 2.24. The SMILES string of the molecule is NC1CCCC(C(=O)NC2CCCN(Cc3ccccc3)C2)C1. The van der Waals surface area contributed by atoms with Crippen molar-refractivity contribution in [3.63, 3.8) is 0 Å². The van der Waals surface area contributed by atoms with Crippen LogP contribution in [0.2, 0.25) is 0 Å². The molecule has 1 amide bonds. The predicted molar refractivity (Wildman–Crippen MR) is 92.8 cm³/mol. The number of nitrogens with one attached hydrogen (secondary N) is 1. The molecule has 3 unspecified atom stereocenters. The number of hydrogen-bond donors (Lipinski definition) is 2. The van der Waals surface area contributed by atoms with Crippen molar-refractivity contribution in [3.05, 3.63) is 35.9 Å². The van der Waals surface area contributed by atoms with E-state index in [-0.39, 0.29) is 23.9 Å². The van der Waals surface area contributed by atoms with Crippen molar-refractivity contribution in [1.82, 2.24) is 10.2 Å². The van der Waals surface area contributed by atoms with Crippen molar-refractivity contribution in [1.29, 1.82) is 0 Å². The normalized spacial score (nSPS) is 29.2. The van der Waals surface area contributed by atoms with Crippen molar-refractivity contribution in [3.8, 4) is 0 Å². The molecule has 0 aromatic heterocycles. The first-order valence-corrected chi connectivity index (χ1v) is 9.03. The summed E-state index contributed by atoms with van der Waals surface area (Å²) in [6, 6.07) is 11.1. The highest BCUT2D eigenvalue weighted by Gasteiger charge is 2.28.